The number of hydrogen-bond acceptors (Lipinski definition) is 3. The molecule has 4 heteroatoms. The monoisotopic (exact) mass is 298 g/mol. The second kappa shape index (κ2) is 8.20. The molecule has 0 saturated carbocycles. The molecule has 0 aromatic heterocycles. The lowest BCUT2D eigenvalue weighted by Gasteiger charge is -2.20. The van der Waals surface area contributed by atoms with Crippen LogP contribution < -0.4 is 10.5 Å². The number of carbonyl (C=O) groups is 1. The van der Waals surface area contributed by atoms with Crippen LogP contribution in [0.5, 0.6) is 11.5 Å². The fraction of sp³-hybridized carbons (Fsp3) is 0.278. The molecular weight excluding hydrogens is 276 g/mol. The summed E-state index contributed by atoms with van der Waals surface area (Å²) in [5, 5.41) is 0. The molecule has 0 unspecified atom stereocenters. The van der Waals surface area contributed by atoms with Gasteiger partial charge in [0.25, 0.3) is 0 Å². The molecule has 0 radical (unpaired) electrons. The van der Waals surface area contributed by atoms with E-state index in [0.717, 1.165) is 30.2 Å². The Labute approximate surface area is 131 Å². The van der Waals surface area contributed by atoms with Crippen molar-refractivity contribution in [2.45, 2.75) is 19.9 Å². The van der Waals surface area contributed by atoms with E-state index < -0.39 is 0 Å². The van der Waals surface area contributed by atoms with Gasteiger partial charge in [0.2, 0.25) is 5.91 Å². The van der Waals surface area contributed by atoms with Gasteiger partial charge >= 0.3 is 0 Å². The van der Waals surface area contributed by atoms with E-state index in [1.165, 1.54) is 0 Å². The average Bonchev–Trinajstić information content (AvgIpc) is 2.52. The number of primary amides is 1. The normalized spacial score (nSPS) is 10.6. The van der Waals surface area contributed by atoms with Crippen LogP contribution in [0.3, 0.4) is 0 Å². The number of benzene rings is 2. The van der Waals surface area contributed by atoms with Crippen molar-refractivity contribution in [2.75, 3.05) is 13.1 Å². The number of ether oxygens (including phenoxy) is 1. The van der Waals surface area contributed by atoms with Gasteiger partial charge in [-0.3, -0.25) is 9.69 Å². The lowest BCUT2D eigenvalue weighted by molar-refractivity contribution is -0.118. The van der Waals surface area contributed by atoms with Gasteiger partial charge in [-0.1, -0.05) is 37.3 Å². The van der Waals surface area contributed by atoms with Crippen LogP contribution in [0.25, 0.3) is 0 Å². The van der Waals surface area contributed by atoms with Crippen LogP contribution in [-0.2, 0) is 11.3 Å². The topological polar surface area (TPSA) is 55.6 Å². The number of rotatable bonds is 8. The van der Waals surface area contributed by atoms with Crippen molar-refractivity contribution in [1.82, 2.24) is 4.90 Å². The Morgan fingerprint density at radius 3 is 2.50 bits per heavy atom. The maximum absolute atomic E-state index is 10.9. The summed E-state index contributed by atoms with van der Waals surface area (Å²) < 4.78 is 5.84. The number of nitrogens with two attached hydrogens (primary N) is 1. The van der Waals surface area contributed by atoms with Gasteiger partial charge in [-0.25, -0.2) is 0 Å². The number of nitrogens with zero attached hydrogens (tertiary/aromatic N) is 1. The fourth-order valence-corrected chi connectivity index (χ4v) is 2.21. The summed E-state index contributed by atoms with van der Waals surface area (Å²) in [7, 11) is 0. The number of carbonyl (C=O) groups excluding carboxylic acids is 1. The van der Waals surface area contributed by atoms with Crippen LogP contribution in [0.1, 0.15) is 18.9 Å². The third-order valence-corrected chi connectivity index (χ3v) is 3.41. The number of amides is 1. The van der Waals surface area contributed by atoms with Gasteiger partial charge in [0.05, 0.1) is 0 Å². The summed E-state index contributed by atoms with van der Waals surface area (Å²) >= 11 is 0. The highest BCUT2D eigenvalue weighted by Gasteiger charge is 2.06. The number of hydrogen-bond donors (Lipinski definition) is 1. The molecule has 4 nitrogen and oxygen atoms in total. The van der Waals surface area contributed by atoms with Crippen LogP contribution in [0, 0.1) is 0 Å². The first-order valence-electron chi connectivity index (χ1n) is 7.50. The van der Waals surface area contributed by atoms with Crippen LogP contribution in [0.4, 0.5) is 0 Å². The van der Waals surface area contributed by atoms with Gasteiger partial charge in [0, 0.05) is 19.5 Å². The quantitative estimate of drug-likeness (QED) is 0.814. The Kier molecular flexibility index (Phi) is 5.98. The molecule has 116 valence electrons. The van der Waals surface area contributed by atoms with Gasteiger partial charge in [-0.2, -0.15) is 0 Å². The predicted octanol–water partition coefficient (Wildman–Crippen LogP) is 3.18. The molecule has 0 spiro atoms. The smallest absolute Gasteiger partial charge is 0.218 e. The molecule has 2 N–H and O–H groups in total. The molecule has 0 aliphatic heterocycles. The van der Waals surface area contributed by atoms with Crippen LogP contribution in [0.15, 0.2) is 54.6 Å². The van der Waals surface area contributed by atoms with Gasteiger partial charge in [-0.05, 0) is 36.4 Å². The Morgan fingerprint density at radius 1 is 1.09 bits per heavy atom. The Hall–Kier alpha value is -2.33. The van der Waals surface area contributed by atoms with Gasteiger partial charge < -0.3 is 10.5 Å². The van der Waals surface area contributed by atoms with Crippen molar-refractivity contribution in [3.8, 4) is 11.5 Å². The van der Waals surface area contributed by atoms with E-state index in [2.05, 4.69) is 17.9 Å². The largest absolute Gasteiger partial charge is 0.457 e. The maximum atomic E-state index is 10.9. The Balaban J connectivity index is 1.99. The first-order chi connectivity index (χ1) is 10.7. The van der Waals surface area contributed by atoms with Crippen molar-refractivity contribution in [3.63, 3.8) is 0 Å². The van der Waals surface area contributed by atoms with E-state index >= 15 is 0 Å². The minimum atomic E-state index is -0.264. The summed E-state index contributed by atoms with van der Waals surface area (Å²) in [6.45, 7) is 4.40. The molecule has 1 amide bonds. The summed E-state index contributed by atoms with van der Waals surface area (Å²) in [4.78, 5) is 13.1. The second-order valence-corrected chi connectivity index (χ2v) is 5.15. The molecule has 0 bridgehead atoms. The standard InChI is InChI=1S/C18H22N2O2/c1-2-20(12-11-18(19)21)14-15-7-6-10-17(13-15)22-16-8-4-3-5-9-16/h3-10,13H,2,11-12,14H2,1H3,(H2,19,21). The third kappa shape index (κ3) is 5.22. The Morgan fingerprint density at radius 2 is 1.82 bits per heavy atom. The zero-order valence-corrected chi connectivity index (χ0v) is 12.9. The van der Waals surface area contributed by atoms with E-state index in [9.17, 15) is 4.79 Å². The maximum Gasteiger partial charge on any atom is 0.218 e. The minimum absolute atomic E-state index is 0.264. The molecule has 0 saturated heterocycles. The second-order valence-electron chi connectivity index (χ2n) is 5.15. The summed E-state index contributed by atoms with van der Waals surface area (Å²) in [5.41, 5.74) is 6.37. The minimum Gasteiger partial charge on any atom is -0.457 e. The Bertz CT molecular complexity index is 599. The molecule has 22 heavy (non-hydrogen) atoms. The first kappa shape index (κ1) is 16.0. The molecule has 0 aliphatic rings. The van der Waals surface area contributed by atoms with Gasteiger partial charge in [0.1, 0.15) is 11.5 Å². The van der Waals surface area contributed by atoms with E-state index in [1.54, 1.807) is 0 Å². The highest BCUT2D eigenvalue weighted by atomic mass is 16.5. The molecule has 0 aliphatic carbocycles. The first-order valence-corrected chi connectivity index (χ1v) is 7.50. The fourth-order valence-electron chi connectivity index (χ4n) is 2.21. The SMILES string of the molecule is CCN(CCC(N)=O)Cc1cccc(Oc2ccccc2)c1. The van der Waals surface area contributed by atoms with E-state index in [0.29, 0.717) is 13.0 Å². The van der Waals surface area contributed by atoms with E-state index in [4.69, 9.17) is 10.5 Å². The van der Waals surface area contributed by atoms with Crippen molar-refractivity contribution in [2.24, 2.45) is 5.73 Å². The zero-order valence-electron chi connectivity index (χ0n) is 12.9. The number of para-hydroxylation sites is 1. The predicted molar refractivity (Wildman–Crippen MR) is 87.7 cm³/mol. The average molecular weight is 298 g/mol. The van der Waals surface area contributed by atoms with Gasteiger partial charge in [0.15, 0.2) is 0 Å². The molecule has 2 rings (SSSR count). The molecule has 0 fully saturated rings. The summed E-state index contributed by atoms with van der Waals surface area (Å²) in [5.74, 6) is 1.37. The van der Waals surface area contributed by atoms with E-state index in [1.807, 2.05) is 48.5 Å². The molecule has 0 atom stereocenters. The third-order valence-electron chi connectivity index (χ3n) is 3.41. The van der Waals surface area contributed by atoms with Crippen molar-refractivity contribution in [1.29, 1.82) is 0 Å². The van der Waals surface area contributed by atoms with Crippen molar-refractivity contribution < 1.29 is 9.53 Å². The molecule has 2 aromatic rings. The van der Waals surface area contributed by atoms with Gasteiger partial charge in [-0.15, -0.1) is 0 Å². The van der Waals surface area contributed by atoms with Crippen molar-refractivity contribution in [3.05, 3.63) is 60.2 Å². The molecule has 2 aromatic carbocycles. The zero-order chi connectivity index (χ0) is 15.8. The van der Waals surface area contributed by atoms with Crippen molar-refractivity contribution >= 4 is 5.91 Å². The molecular formula is C18H22N2O2. The van der Waals surface area contributed by atoms with Crippen LogP contribution in [-0.4, -0.2) is 23.9 Å². The highest BCUT2D eigenvalue weighted by Crippen LogP contribution is 2.22. The molecule has 0 heterocycles. The van der Waals surface area contributed by atoms with Crippen LogP contribution in [0.2, 0.25) is 0 Å². The lowest BCUT2D eigenvalue weighted by Crippen LogP contribution is -2.27. The lowest BCUT2D eigenvalue weighted by atomic mass is 10.2. The highest BCUT2D eigenvalue weighted by molar-refractivity contribution is 5.73. The van der Waals surface area contributed by atoms with Crippen LogP contribution >= 0.6 is 0 Å². The summed E-state index contributed by atoms with van der Waals surface area (Å²) in [6, 6.07) is 17.7. The summed E-state index contributed by atoms with van der Waals surface area (Å²) in [6.07, 6.45) is 0.383. The van der Waals surface area contributed by atoms with E-state index in [-0.39, 0.29) is 5.91 Å².